The molecule has 0 unspecified atom stereocenters. The molecule has 1 saturated heterocycles. The van der Waals surface area contributed by atoms with Crippen LogP contribution >= 0.6 is 11.3 Å². The topological polar surface area (TPSA) is 105 Å². The van der Waals surface area contributed by atoms with Crippen molar-refractivity contribution in [1.29, 1.82) is 0 Å². The second-order valence-electron chi connectivity index (χ2n) is 6.14. The summed E-state index contributed by atoms with van der Waals surface area (Å²) in [5.41, 5.74) is 2.68. The van der Waals surface area contributed by atoms with Crippen molar-refractivity contribution in [2.24, 2.45) is 5.10 Å². The summed E-state index contributed by atoms with van der Waals surface area (Å²) in [5.74, 6) is 0. The lowest BCUT2D eigenvalue weighted by atomic mass is 10.2. The highest BCUT2D eigenvalue weighted by Crippen LogP contribution is 2.30. The van der Waals surface area contributed by atoms with E-state index in [4.69, 9.17) is 0 Å². The lowest BCUT2D eigenvalue weighted by Crippen LogP contribution is -2.32. The van der Waals surface area contributed by atoms with Crippen LogP contribution in [-0.4, -0.2) is 37.0 Å². The average Bonchev–Trinajstić information content (AvgIpc) is 3.00. The quantitative estimate of drug-likeness (QED) is 0.446. The number of nitrogens with zero attached hydrogens (tertiary/aromatic N) is 3. The minimum Gasteiger partial charge on any atom is -0.277 e. The smallest absolute Gasteiger partial charge is 0.270 e. The Labute approximate surface area is 161 Å². The molecular weight excluding hydrogens is 388 g/mol. The fourth-order valence-corrected chi connectivity index (χ4v) is 5.14. The van der Waals surface area contributed by atoms with Crippen LogP contribution in [0.25, 0.3) is 0 Å². The Morgan fingerprint density at radius 1 is 1.19 bits per heavy atom. The number of rotatable bonds is 6. The largest absolute Gasteiger partial charge is 0.277 e. The van der Waals surface area contributed by atoms with Crippen molar-refractivity contribution in [3.05, 3.63) is 50.7 Å². The van der Waals surface area contributed by atoms with Crippen LogP contribution in [0.1, 0.15) is 30.6 Å². The number of sulfonamides is 1. The first-order valence-corrected chi connectivity index (χ1v) is 10.9. The van der Waals surface area contributed by atoms with Gasteiger partial charge in [0.1, 0.15) is 4.90 Å². The van der Waals surface area contributed by atoms with Crippen molar-refractivity contribution in [3.63, 3.8) is 0 Å². The van der Waals surface area contributed by atoms with Crippen molar-refractivity contribution in [3.8, 4) is 0 Å². The summed E-state index contributed by atoms with van der Waals surface area (Å²) in [6, 6.07) is 7.51. The van der Waals surface area contributed by atoms with Gasteiger partial charge in [-0.2, -0.15) is 9.41 Å². The van der Waals surface area contributed by atoms with E-state index in [1.54, 1.807) is 6.21 Å². The summed E-state index contributed by atoms with van der Waals surface area (Å²) in [4.78, 5) is 11.3. The highest BCUT2D eigenvalue weighted by atomic mass is 32.2. The van der Waals surface area contributed by atoms with Gasteiger partial charge in [0, 0.05) is 30.1 Å². The van der Waals surface area contributed by atoms with Crippen molar-refractivity contribution < 1.29 is 13.3 Å². The first kappa shape index (κ1) is 19.5. The molecule has 10 heteroatoms. The van der Waals surface area contributed by atoms with Gasteiger partial charge >= 0.3 is 0 Å². The van der Waals surface area contributed by atoms with Gasteiger partial charge in [0.2, 0.25) is 10.0 Å². The van der Waals surface area contributed by atoms with E-state index in [1.807, 2.05) is 17.5 Å². The van der Waals surface area contributed by atoms with Crippen molar-refractivity contribution >= 4 is 38.9 Å². The molecule has 27 heavy (non-hydrogen) atoms. The molecule has 1 aromatic carbocycles. The maximum atomic E-state index is 13.1. The zero-order chi connectivity index (χ0) is 19.3. The van der Waals surface area contributed by atoms with Crippen LogP contribution in [0.15, 0.2) is 45.7 Å². The molecule has 1 fully saturated rings. The van der Waals surface area contributed by atoms with E-state index in [2.05, 4.69) is 10.5 Å². The minimum absolute atomic E-state index is 0.123. The van der Waals surface area contributed by atoms with E-state index in [0.717, 1.165) is 36.6 Å². The molecule has 3 rings (SSSR count). The van der Waals surface area contributed by atoms with E-state index in [-0.39, 0.29) is 16.3 Å². The van der Waals surface area contributed by atoms with Gasteiger partial charge < -0.3 is 0 Å². The van der Waals surface area contributed by atoms with Crippen LogP contribution in [0.3, 0.4) is 0 Å². The molecule has 8 nitrogen and oxygen atoms in total. The minimum atomic E-state index is -3.86. The van der Waals surface area contributed by atoms with Crippen LogP contribution in [0, 0.1) is 10.1 Å². The maximum absolute atomic E-state index is 13.1. The molecule has 0 aliphatic carbocycles. The van der Waals surface area contributed by atoms with Gasteiger partial charge in [-0.05, 0) is 30.4 Å². The Kier molecular flexibility index (Phi) is 6.19. The molecule has 1 aromatic heterocycles. The van der Waals surface area contributed by atoms with Crippen molar-refractivity contribution in [1.82, 2.24) is 4.31 Å². The molecule has 0 spiro atoms. The van der Waals surface area contributed by atoms with Crippen LogP contribution < -0.4 is 5.43 Å². The first-order chi connectivity index (χ1) is 13.0. The summed E-state index contributed by atoms with van der Waals surface area (Å²) in [5, 5.41) is 17.1. The van der Waals surface area contributed by atoms with Crippen molar-refractivity contribution in [2.45, 2.75) is 30.6 Å². The third kappa shape index (κ3) is 4.71. The van der Waals surface area contributed by atoms with Gasteiger partial charge in [-0.3, -0.25) is 15.5 Å². The number of nitro benzene ring substituents is 1. The summed E-state index contributed by atoms with van der Waals surface area (Å²) < 4.78 is 27.7. The van der Waals surface area contributed by atoms with E-state index in [9.17, 15) is 18.5 Å². The summed E-state index contributed by atoms with van der Waals surface area (Å²) in [6.45, 7) is 0.839. The Hall–Kier alpha value is -2.30. The van der Waals surface area contributed by atoms with E-state index < -0.39 is 14.9 Å². The molecule has 0 amide bonds. The van der Waals surface area contributed by atoms with Gasteiger partial charge in [0.05, 0.1) is 16.8 Å². The fraction of sp³-hybridized carbons (Fsp3) is 0.353. The Morgan fingerprint density at radius 3 is 2.56 bits per heavy atom. The molecule has 1 aliphatic heterocycles. The molecule has 0 atom stereocenters. The van der Waals surface area contributed by atoms with E-state index in [1.165, 1.54) is 27.8 Å². The zero-order valence-electron chi connectivity index (χ0n) is 14.6. The lowest BCUT2D eigenvalue weighted by molar-refractivity contribution is -0.385. The van der Waals surface area contributed by atoms with Gasteiger partial charge in [-0.1, -0.05) is 18.9 Å². The van der Waals surface area contributed by atoms with Gasteiger partial charge in [0.15, 0.2) is 0 Å². The number of hydrazone groups is 1. The second kappa shape index (κ2) is 8.59. The molecule has 144 valence electrons. The molecule has 1 N–H and O–H groups in total. The number of thiophene rings is 1. The number of benzene rings is 1. The normalized spacial score (nSPS) is 16.3. The summed E-state index contributed by atoms with van der Waals surface area (Å²) in [6.07, 6.45) is 5.11. The number of anilines is 1. The highest BCUT2D eigenvalue weighted by Gasteiger charge is 2.29. The SMILES string of the molecule is O=[N+]([O-])c1ccc(N/N=C\c2cccs2)c(S(=O)(=O)N2CCCCCC2)c1. The van der Waals surface area contributed by atoms with Crippen LogP contribution in [0.4, 0.5) is 11.4 Å². The van der Waals surface area contributed by atoms with Gasteiger partial charge in [0.25, 0.3) is 5.69 Å². The number of nitro groups is 1. The Balaban J connectivity index is 1.94. The predicted molar refractivity (Wildman–Crippen MR) is 106 cm³/mol. The van der Waals surface area contributed by atoms with E-state index >= 15 is 0 Å². The molecule has 0 bridgehead atoms. The molecule has 1 aliphatic rings. The zero-order valence-corrected chi connectivity index (χ0v) is 16.2. The molecule has 2 heterocycles. The van der Waals surface area contributed by atoms with Crippen molar-refractivity contribution in [2.75, 3.05) is 18.5 Å². The second-order valence-corrected chi connectivity index (χ2v) is 9.03. The van der Waals surface area contributed by atoms with Crippen LogP contribution in [-0.2, 0) is 10.0 Å². The lowest BCUT2D eigenvalue weighted by Gasteiger charge is -2.21. The third-order valence-corrected chi connectivity index (χ3v) is 7.02. The van der Waals surface area contributed by atoms with Gasteiger partial charge in [-0.15, -0.1) is 11.3 Å². The molecule has 0 radical (unpaired) electrons. The number of non-ortho nitro benzene ring substituents is 1. The first-order valence-electron chi connectivity index (χ1n) is 8.59. The summed E-state index contributed by atoms with van der Waals surface area (Å²) in [7, 11) is -3.86. The molecule has 2 aromatic rings. The average molecular weight is 409 g/mol. The number of hydrogen-bond donors (Lipinski definition) is 1. The maximum Gasteiger partial charge on any atom is 0.270 e. The predicted octanol–water partition coefficient (Wildman–Crippen LogP) is 3.67. The number of hydrogen-bond acceptors (Lipinski definition) is 7. The standard InChI is InChI=1S/C17H20N4O4S2/c22-21(23)14-7-8-16(19-18-13-15-6-5-11-26-15)17(12-14)27(24,25)20-9-3-1-2-4-10-20/h5-8,11-13,19H,1-4,9-10H2/b18-13-. The molecule has 0 saturated carbocycles. The van der Waals surface area contributed by atoms with Crippen LogP contribution in [0.5, 0.6) is 0 Å². The fourth-order valence-electron chi connectivity index (χ4n) is 2.88. The van der Waals surface area contributed by atoms with Crippen LogP contribution in [0.2, 0.25) is 0 Å². The number of nitrogens with one attached hydrogen (secondary N) is 1. The summed E-state index contributed by atoms with van der Waals surface area (Å²) >= 11 is 1.49. The monoisotopic (exact) mass is 408 g/mol. The highest BCUT2D eigenvalue weighted by molar-refractivity contribution is 7.89. The Morgan fingerprint density at radius 2 is 1.93 bits per heavy atom. The Bertz CT molecular complexity index is 918. The van der Waals surface area contributed by atoms with Gasteiger partial charge in [-0.25, -0.2) is 8.42 Å². The molecular formula is C17H20N4O4S2. The third-order valence-electron chi connectivity index (χ3n) is 4.28. The van der Waals surface area contributed by atoms with E-state index in [0.29, 0.717) is 13.1 Å².